The monoisotopic (exact) mass is 311 g/mol. The standard InChI is InChI=1S/C17H13NO5/c1-9-11-4-2-3-5-14(11)23-15(9)16(20)18-12-8-10(17(21)22)6-7-13(12)19/h2-8,19H,1H3,(H,18,20)(H,21,22). The van der Waals surface area contributed by atoms with Crippen LogP contribution in [0.5, 0.6) is 5.75 Å². The van der Waals surface area contributed by atoms with Gasteiger partial charge in [-0.15, -0.1) is 0 Å². The van der Waals surface area contributed by atoms with E-state index < -0.39 is 11.9 Å². The van der Waals surface area contributed by atoms with Crippen LogP contribution >= 0.6 is 0 Å². The molecule has 1 aromatic heterocycles. The number of rotatable bonds is 3. The van der Waals surface area contributed by atoms with Crippen molar-refractivity contribution in [1.29, 1.82) is 0 Å². The Morgan fingerprint density at radius 2 is 1.87 bits per heavy atom. The van der Waals surface area contributed by atoms with Crippen molar-refractivity contribution in [3.8, 4) is 5.75 Å². The number of fused-ring (bicyclic) bond motifs is 1. The minimum atomic E-state index is -1.15. The van der Waals surface area contributed by atoms with Gasteiger partial charge < -0.3 is 19.9 Å². The average molecular weight is 311 g/mol. The first-order valence-electron chi connectivity index (χ1n) is 6.83. The number of carboxylic acids is 1. The lowest BCUT2D eigenvalue weighted by atomic mass is 10.1. The minimum absolute atomic E-state index is 0.00903. The number of carbonyl (C=O) groups excluding carboxylic acids is 1. The van der Waals surface area contributed by atoms with Gasteiger partial charge in [-0.2, -0.15) is 0 Å². The molecule has 0 spiro atoms. The van der Waals surface area contributed by atoms with Crippen LogP contribution in [0.3, 0.4) is 0 Å². The van der Waals surface area contributed by atoms with Crippen molar-refractivity contribution in [1.82, 2.24) is 0 Å². The Morgan fingerprint density at radius 1 is 1.13 bits per heavy atom. The summed E-state index contributed by atoms with van der Waals surface area (Å²) < 4.78 is 5.54. The van der Waals surface area contributed by atoms with Crippen molar-refractivity contribution in [3.63, 3.8) is 0 Å². The van der Waals surface area contributed by atoms with Gasteiger partial charge in [-0.05, 0) is 31.2 Å². The fraction of sp³-hybridized carbons (Fsp3) is 0.0588. The highest BCUT2D eigenvalue weighted by molar-refractivity contribution is 6.07. The molecule has 3 N–H and O–H groups in total. The van der Waals surface area contributed by atoms with E-state index in [-0.39, 0.29) is 22.8 Å². The molecule has 116 valence electrons. The van der Waals surface area contributed by atoms with Gasteiger partial charge in [0.25, 0.3) is 5.91 Å². The zero-order valence-electron chi connectivity index (χ0n) is 12.2. The van der Waals surface area contributed by atoms with Gasteiger partial charge in [0.15, 0.2) is 5.76 Å². The summed E-state index contributed by atoms with van der Waals surface area (Å²) in [5.74, 6) is -1.82. The van der Waals surface area contributed by atoms with Crippen LogP contribution in [0.15, 0.2) is 46.9 Å². The number of amides is 1. The molecule has 6 heteroatoms. The van der Waals surface area contributed by atoms with E-state index in [0.29, 0.717) is 11.1 Å². The van der Waals surface area contributed by atoms with E-state index in [0.717, 1.165) is 5.39 Å². The molecule has 1 amide bonds. The number of furan rings is 1. The van der Waals surface area contributed by atoms with Crippen LogP contribution in [0.25, 0.3) is 11.0 Å². The number of anilines is 1. The van der Waals surface area contributed by atoms with Crippen molar-refractivity contribution >= 4 is 28.5 Å². The normalized spacial score (nSPS) is 10.7. The summed E-state index contributed by atoms with van der Waals surface area (Å²) in [6.07, 6.45) is 0. The Hall–Kier alpha value is -3.28. The molecular formula is C17H13NO5. The molecule has 1 heterocycles. The molecule has 0 atom stereocenters. The highest BCUT2D eigenvalue weighted by atomic mass is 16.4. The number of para-hydroxylation sites is 1. The molecule has 0 saturated carbocycles. The Balaban J connectivity index is 1.96. The number of aryl methyl sites for hydroxylation is 1. The summed E-state index contributed by atoms with van der Waals surface area (Å²) in [6.45, 7) is 1.76. The summed E-state index contributed by atoms with van der Waals surface area (Å²) in [5.41, 5.74) is 1.22. The van der Waals surface area contributed by atoms with Gasteiger partial charge in [-0.3, -0.25) is 4.79 Å². The zero-order valence-corrected chi connectivity index (χ0v) is 12.2. The highest BCUT2D eigenvalue weighted by Gasteiger charge is 2.19. The van der Waals surface area contributed by atoms with Crippen LogP contribution < -0.4 is 5.32 Å². The molecule has 0 radical (unpaired) electrons. The van der Waals surface area contributed by atoms with Crippen molar-refractivity contribution in [2.45, 2.75) is 6.92 Å². The smallest absolute Gasteiger partial charge is 0.335 e. The number of phenolic OH excluding ortho intramolecular Hbond substituents is 1. The average Bonchev–Trinajstić information content (AvgIpc) is 2.87. The first kappa shape index (κ1) is 14.6. The molecule has 3 rings (SSSR count). The zero-order chi connectivity index (χ0) is 16.6. The number of aromatic hydroxyl groups is 1. The second-order valence-electron chi connectivity index (χ2n) is 5.04. The summed E-state index contributed by atoms with van der Waals surface area (Å²) in [5, 5.41) is 22.1. The maximum atomic E-state index is 12.4. The number of hydrogen-bond donors (Lipinski definition) is 3. The highest BCUT2D eigenvalue weighted by Crippen LogP contribution is 2.28. The van der Waals surface area contributed by atoms with E-state index in [2.05, 4.69) is 5.32 Å². The molecule has 0 aliphatic heterocycles. The Bertz CT molecular complexity index is 926. The van der Waals surface area contributed by atoms with Crippen molar-refractivity contribution in [2.75, 3.05) is 5.32 Å². The van der Waals surface area contributed by atoms with E-state index in [1.807, 2.05) is 12.1 Å². The number of benzene rings is 2. The third-order valence-corrected chi connectivity index (χ3v) is 3.54. The fourth-order valence-electron chi connectivity index (χ4n) is 2.34. The molecule has 23 heavy (non-hydrogen) atoms. The molecule has 6 nitrogen and oxygen atoms in total. The van der Waals surface area contributed by atoms with Gasteiger partial charge in [0, 0.05) is 10.9 Å². The van der Waals surface area contributed by atoms with E-state index in [9.17, 15) is 14.7 Å². The Kier molecular flexibility index (Phi) is 3.50. The molecule has 3 aromatic rings. The number of carboxylic acid groups (broad SMARTS) is 1. The van der Waals surface area contributed by atoms with Crippen molar-refractivity contribution in [2.24, 2.45) is 0 Å². The summed E-state index contributed by atoms with van der Waals surface area (Å²) >= 11 is 0. The topological polar surface area (TPSA) is 99.8 Å². The molecule has 0 fully saturated rings. The maximum Gasteiger partial charge on any atom is 0.335 e. The SMILES string of the molecule is Cc1c(C(=O)Nc2cc(C(=O)O)ccc2O)oc2ccccc12. The number of hydrogen-bond acceptors (Lipinski definition) is 4. The van der Waals surface area contributed by atoms with Gasteiger partial charge in [0.2, 0.25) is 0 Å². The molecule has 2 aromatic carbocycles. The van der Waals surface area contributed by atoms with E-state index in [4.69, 9.17) is 9.52 Å². The quantitative estimate of drug-likeness (QED) is 0.644. The summed E-state index contributed by atoms with van der Waals surface area (Å²) in [4.78, 5) is 23.4. The Morgan fingerprint density at radius 3 is 2.57 bits per heavy atom. The van der Waals surface area contributed by atoms with Gasteiger partial charge >= 0.3 is 5.97 Å². The lowest BCUT2D eigenvalue weighted by Crippen LogP contribution is -2.13. The predicted octanol–water partition coefficient (Wildman–Crippen LogP) is 3.40. The molecule has 0 aliphatic rings. The third-order valence-electron chi connectivity index (χ3n) is 3.54. The lowest BCUT2D eigenvalue weighted by molar-refractivity contribution is 0.0696. The maximum absolute atomic E-state index is 12.4. The number of phenols is 1. The van der Waals surface area contributed by atoms with Crippen LogP contribution in [0.2, 0.25) is 0 Å². The van der Waals surface area contributed by atoms with Crippen molar-refractivity contribution in [3.05, 3.63) is 59.4 Å². The second kappa shape index (κ2) is 5.49. The number of carbonyl (C=O) groups is 2. The predicted molar refractivity (Wildman–Crippen MR) is 84.0 cm³/mol. The van der Waals surface area contributed by atoms with Crippen LogP contribution in [0, 0.1) is 6.92 Å². The third kappa shape index (κ3) is 2.62. The molecule has 0 bridgehead atoms. The molecule has 0 unspecified atom stereocenters. The summed E-state index contributed by atoms with van der Waals surface area (Å²) in [6, 6.07) is 10.9. The first-order chi connectivity index (χ1) is 11.0. The molecular weight excluding hydrogens is 298 g/mol. The van der Waals surface area contributed by atoms with E-state index >= 15 is 0 Å². The second-order valence-corrected chi connectivity index (χ2v) is 5.04. The van der Waals surface area contributed by atoms with E-state index in [1.165, 1.54) is 18.2 Å². The van der Waals surface area contributed by atoms with E-state index in [1.54, 1.807) is 19.1 Å². The number of aromatic carboxylic acids is 1. The summed E-state index contributed by atoms with van der Waals surface area (Å²) in [7, 11) is 0. The minimum Gasteiger partial charge on any atom is -0.506 e. The van der Waals surface area contributed by atoms with Crippen LogP contribution in [0.4, 0.5) is 5.69 Å². The van der Waals surface area contributed by atoms with Gasteiger partial charge in [0.1, 0.15) is 11.3 Å². The largest absolute Gasteiger partial charge is 0.506 e. The van der Waals surface area contributed by atoms with Crippen LogP contribution in [-0.2, 0) is 0 Å². The lowest BCUT2D eigenvalue weighted by Gasteiger charge is -2.07. The van der Waals surface area contributed by atoms with Crippen molar-refractivity contribution < 1.29 is 24.2 Å². The number of nitrogens with one attached hydrogen (secondary N) is 1. The Labute approximate surface area is 131 Å². The first-order valence-corrected chi connectivity index (χ1v) is 6.83. The van der Waals surface area contributed by atoms with Gasteiger partial charge in [-0.1, -0.05) is 18.2 Å². The van der Waals surface area contributed by atoms with Gasteiger partial charge in [0.05, 0.1) is 11.3 Å². The fourth-order valence-corrected chi connectivity index (χ4v) is 2.34. The van der Waals surface area contributed by atoms with Crippen LogP contribution in [0.1, 0.15) is 26.5 Å². The molecule has 0 saturated heterocycles. The molecule has 0 aliphatic carbocycles. The van der Waals surface area contributed by atoms with Gasteiger partial charge in [-0.25, -0.2) is 4.79 Å². The van der Waals surface area contributed by atoms with Crippen LogP contribution in [-0.4, -0.2) is 22.1 Å².